The zero-order chi connectivity index (χ0) is 15.9. The second-order valence-corrected chi connectivity index (χ2v) is 6.39. The minimum absolute atomic E-state index is 0.159. The van der Waals surface area contributed by atoms with Gasteiger partial charge in [0.15, 0.2) is 0 Å². The van der Waals surface area contributed by atoms with Crippen molar-refractivity contribution in [2.24, 2.45) is 23.7 Å². The number of carboxylic acids is 1. The molecule has 2 aliphatic rings. The number of aryl methyl sites for hydroxylation is 1. The summed E-state index contributed by atoms with van der Waals surface area (Å²) in [6.45, 7) is 1.90. The molecule has 1 amide bonds. The lowest BCUT2D eigenvalue weighted by Crippen LogP contribution is -2.37. The highest BCUT2D eigenvalue weighted by Crippen LogP contribution is 2.52. The van der Waals surface area contributed by atoms with Gasteiger partial charge in [0.1, 0.15) is 5.75 Å². The summed E-state index contributed by atoms with van der Waals surface area (Å²) in [5.41, 5.74) is 1.63. The molecule has 2 saturated carbocycles. The molecule has 0 radical (unpaired) electrons. The molecule has 3 rings (SSSR count). The molecule has 5 nitrogen and oxygen atoms in total. The minimum atomic E-state index is -0.834. The smallest absolute Gasteiger partial charge is 0.307 e. The molecule has 2 N–H and O–H groups in total. The van der Waals surface area contributed by atoms with Gasteiger partial charge < -0.3 is 15.2 Å². The van der Waals surface area contributed by atoms with Crippen molar-refractivity contribution in [3.8, 4) is 5.75 Å². The first-order valence-electron chi connectivity index (χ1n) is 7.69. The van der Waals surface area contributed by atoms with Gasteiger partial charge in [0, 0.05) is 5.69 Å². The highest BCUT2D eigenvalue weighted by atomic mass is 16.5. The highest BCUT2D eigenvalue weighted by Gasteiger charge is 2.53. The van der Waals surface area contributed by atoms with Crippen LogP contribution in [0.15, 0.2) is 18.2 Å². The number of hydrogen-bond acceptors (Lipinski definition) is 3. The van der Waals surface area contributed by atoms with E-state index in [0.717, 1.165) is 36.3 Å². The van der Waals surface area contributed by atoms with Gasteiger partial charge >= 0.3 is 5.97 Å². The Bertz CT molecular complexity index is 613. The Hall–Kier alpha value is -2.04. The van der Waals surface area contributed by atoms with Crippen LogP contribution in [0.2, 0.25) is 0 Å². The standard InChI is InChI=1S/C17H21NO4/c1-9-7-12(22-2)5-6-13(9)18-16(19)14-10-3-4-11(8-10)15(14)17(20)21/h5-7,10-11,14-15H,3-4,8H2,1-2H3,(H,18,19)(H,20,21)/t10-,11+,14-,15+/m1/s1. The number of carbonyl (C=O) groups is 2. The molecule has 0 spiro atoms. The summed E-state index contributed by atoms with van der Waals surface area (Å²) in [5, 5.41) is 12.4. The Kier molecular flexibility index (Phi) is 3.81. The van der Waals surface area contributed by atoms with E-state index in [1.807, 2.05) is 13.0 Å². The van der Waals surface area contributed by atoms with E-state index in [4.69, 9.17) is 4.74 Å². The SMILES string of the molecule is COc1ccc(NC(=O)[C@@H]2[C@@H]3CC[C@@H](C3)[C@@H]2C(=O)O)c(C)c1. The maximum absolute atomic E-state index is 12.6. The van der Waals surface area contributed by atoms with Crippen LogP contribution < -0.4 is 10.1 Å². The minimum Gasteiger partial charge on any atom is -0.497 e. The lowest BCUT2D eigenvalue weighted by molar-refractivity contribution is -0.148. The van der Waals surface area contributed by atoms with Gasteiger partial charge in [-0.3, -0.25) is 9.59 Å². The third-order valence-electron chi connectivity index (χ3n) is 5.20. The first-order chi connectivity index (χ1) is 10.5. The van der Waals surface area contributed by atoms with E-state index in [-0.39, 0.29) is 17.7 Å². The summed E-state index contributed by atoms with van der Waals surface area (Å²) in [7, 11) is 1.60. The normalized spacial score (nSPS) is 29.4. The Morgan fingerprint density at radius 3 is 2.50 bits per heavy atom. The molecule has 0 heterocycles. The molecule has 1 aromatic rings. The van der Waals surface area contributed by atoms with Crippen molar-refractivity contribution in [2.45, 2.75) is 26.2 Å². The predicted octanol–water partition coefficient (Wildman–Crippen LogP) is 2.69. The lowest BCUT2D eigenvalue weighted by atomic mass is 9.78. The average Bonchev–Trinajstić information content (AvgIpc) is 3.09. The third kappa shape index (κ3) is 2.45. The third-order valence-corrected chi connectivity index (χ3v) is 5.20. The molecule has 0 unspecified atom stereocenters. The van der Waals surface area contributed by atoms with Crippen molar-refractivity contribution in [3.63, 3.8) is 0 Å². The fourth-order valence-corrected chi connectivity index (χ4v) is 4.14. The summed E-state index contributed by atoms with van der Waals surface area (Å²) in [4.78, 5) is 24.1. The van der Waals surface area contributed by atoms with Gasteiger partial charge in [0.05, 0.1) is 18.9 Å². The van der Waals surface area contributed by atoms with Crippen molar-refractivity contribution in [1.82, 2.24) is 0 Å². The summed E-state index contributed by atoms with van der Waals surface area (Å²) >= 11 is 0. The molecule has 2 aliphatic carbocycles. The van der Waals surface area contributed by atoms with Crippen LogP contribution >= 0.6 is 0 Å². The molecular weight excluding hydrogens is 282 g/mol. The number of ether oxygens (including phenoxy) is 1. The quantitative estimate of drug-likeness (QED) is 0.896. The van der Waals surface area contributed by atoms with Crippen LogP contribution in [0.1, 0.15) is 24.8 Å². The topological polar surface area (TPSA) is 75.6 Å². The van der Waals surface area contributed by atoms with Crippen LogP contribution in [0.5, 0.6) is 5.75 Å². The van der Waals surface area contributed by atoms with Gasteiger partial charge in [-0.1, -0.05) is 0 Å². The summed E-state index contributed by atoms with van der Waals surface area (Å²) in [5.74, 6) is -0.819. The van der Waals surface area contributed by atoms with Crippen molar-refractivity contribution in [2.75, 3.05) is 12.4 Å². The number of amides is 1. The fourth-order valence-electron chi connectivity index (χ4n) is 4.14. The van der Waals surface area contributed by atoms with E-state index in [1.54, 1.807) is 19.2 Å². The van der Waals surface area contributed by atoms with Gasteiger partial charge in [0.2, 0.25) is 5.91 Å². The van der Waals surface area contributed by atoms with Crippen molar-refractivity contribution in [3.05, 3.63) is 23.8 Å². The summed E-state index contributed by atoms with van der Waals surface area (Å²) in [6, 6.07) is 5.44. The van der Waals surface area contributed by atoms with Gasteiger partial charge in [-0.25, -0.2) is 0 Å². The molecule has 2 fully saturated rings. The van der Waals surface area contributed by atoms with E-state index >= 15 is 0 Å². The lowest BCUT2D eigenvalue weighted by Gasteiger charge is -2.27. The van der Waals surface area contributed by atoms with Crippen LogP contribution in [0.25, 0.3) is 0 Å². The Morgan fingerprint density at radius 1 is 1.23 bits per heavy atom. The monoisotopic (exact) mass is 303 g/mol. The highest BCUT2D eigenvalue weighted by molar-refractivity contribution is 5.96. The number of methoxy groups -OCH3 is 1. The molecule has 22 heavy (non-hydrogen) atoms. The Morgan fingerprint density at radius 2 is 1.91 bits per heavy atom. The van der Waals surface area contributed by atoms with Crippen LogP contribution in [0.3, 0.4) is 0 Å². The largest absolute Gasteiger partial charge is 0.497 e. The maximum Gasteiger partial charge on any atom is 0.307 e. The summed E-state index contributed by atoms with van der Waals surface area (Å²) in [6.07, 6.45) is 2.78. The van der Waals surface area contributed by atoms with Gasteiger partial charge in [0.25, 0.3) is 0 Å². The van der Waals surface area contributed by atoms with E-state index in [1.165, 1.54) is 0 Å². The number of aliphatic carboxylic acids is 1. The van der Waals surface area contributed by atoms with E-state index in [2.05, 4.69) is 5.32 Å². The van der Waals surface area contributed by atoms with Gasteiger partial charge in [-0.05, 0) is 61.8 Å². The maximum atomic E-state index is 12.6. The van der Waals surface area contributed by atoms with Crippen molar-refractivity contribution in [1.29, 1.82) is 0 Å². The number of fused-ring (bicyclic) bond motifs is 2. The average molecular weight is 303 g/mol. The Labute approximate surface area is 129 Å². The van der Waals surface area contributed by atoms with Crippen LogP contribution in [-0.4, -0.2) is 24.1 Å². The Balaban J connectivity index is 1.78. The zero-order valence-corrected chi connectivity index (χ0v) is 12.8. The second-order valence-electron chi connectivity index (χ2n) is 6.39. The molecule has 0 saturated heterocycles. The number of anilines is 1. The van der Waals surface area contributed by atoms with Crippen LogP contribution in [0.4, 0.5) is 5.69 Å². The molecule has 0 aromatic heterocycles. The van der Waals surface area contributed by atoms with Crippen molar-refractivity contribution >= 4 is 17.6 Å². The molecule has 2 bridgehead atoms. The van der Waals surface area contributed by atoms with E-state index in [9.17, 15) is 14.7 Å². The number of nitrogens with one attached hydrogen (secondary N) is 1. The number of carbonyl (C=O) groups excluding carboxylic acids is 1. The first kappa shape index (κ1) is 14.9. The van der Waals surface area contributed by atoms with Gasteiger partial charge in [-0.15, -0.1) is 0 Å². The van der Waals surface area contributed by atoms with Gasteiger partial charge in [-0.2, -0.15) is 0 Å². The molecule has 4 atom stereocenters. The molecule has 118 valence electrons. The molecule has 5 heteroatoms. The summed E-state index contributed by atoms with van der Waals surface area (Å²) < 4.78 is 5.15. The van der Waals surface area contributed by atoms with E-state index < -0.39 is 17.8 Å². The fraction of sp³-hybridized carbons (Fsp3) is 0.529. The molecular formula is C17H21NO4. The van der Waals surface area contributed by atoms with E-state index in [0.29, 0.717) is 0 Å². The second kappa shape index (κ2) is 5.63. The number of carboxylic acid groups (broad SMARTS) is 1. The number of benzene rings is 1. The first-order valence-corrected chi connectivity index (χ1v) is 7.69. The zero-order valence-electron chi connectivity index (χ0n) is 12.8. The molecule has 0 aliphatic heterocycles. The number of hydrogen-bond donors (Lipinski definition) is 2. The van der Waals surface area contributed by atoms with Crippen LogP contribution in [0, 0.1) is 30.6 Å². The number of rotatable bonds is 4. The predicted molar refractivity (Wildman–Crippen MR) is 81.8 cm³/mol. The van der Waals surface area contributed by atoms with Crippen LogP contribution in [-0.2, 0) is 9.59 Å². The molecule has 1 aromatic carbocycles. The van der Waals surface area contributed by atoms with Crippen molar-refractivity contribution < 1.29 is 19.4 Å².